The van der Waals surface area contributed by atoms with E-state index in [1.165, 1.54) is 6.07 Å². The van der Waals surface area contributed by atoms with Crippen molar-refractivity contribution in [3.63, 3.8) is 0 Å². The Balaban J connectivity index is 1.07. The Morgan fingerprint density at radius 1 is 0.978 bits per heavy atom. The van der Waals surface area contributed by atoms with E-state index in [9.17, 15) is 18.0 Å². The molecule has 4 aromatic rings. The van der Waals surface area contributed by atoms with Crippen molar-refractivity contribution >= 4 is 34.1 Å². The Kier molecular flexibility index (Phi) is 8.30. The van der Waals surface area contributed by atoms with Crippen molar-refractivity contribution in [1.29, 1.82) is 0 Å². The molecule has 2 fully saturated rings. The molecule has 10 nitrogen and oxygen atoms in total. The summed E-state index contributed by atoms with van der Waals surface area (Å²) in [5.74, 6) is 0.417. The van der Waals surface area contributed by atoms with Crippen molar-refractivity contribution in [2.45, 2.75) is 25.7 Å². The molecule has 1 amide bonds. The maximum absolute atomic E-state index is 14.1. The number of alkyl halides is 3. The number of aromatic nitrogens is 3. The number of morpholine rings is 1. The summed E-state index contributed by atoms with van der Waals surface area (Å²) in [6, 6.07) is 11.7. The Morgan fingerprint density at radius 3 is 2.57 bits per heavy atom. The molecule has 0 aliphatic carbocycles. The molecule has 0 spiro atoms. The van der Waals surface area contributed by atoms with Crippen LogP contribution in [0.15, 0.2) is 48.7 Å². The summed E-state index contributed by atoms with van der Waals surface area (Å²) in [4.78, 5) is 26.5. The van der Waals surface area contributed by atoms with Gasteiger partial charge < -0.3 is 24.8 Å². The van der Waals surface area contributed by atoms with E-state index >= 15 is 0 Å². The monoisotopic (exact) mass is 634 g/mol. The predicted octanol–water partition coefficient (Wildman–Crippen LogP) is 4.38. The first kappa shape index (κ1) is 30.5. The minimum absolute atomic E-state index is 0.118. The van der Waals surface area contributed by atoms with Gasteiger partial charge in [-0.25, -0.2) is 4.98 Å². The van der Waals surface area contributed by atoms with Gasteiger partial charge in [0, 0.05) is 82.0 Å². The lowest BCUT2D eigenvalue weighted by Crippen LogP contribution is -2.44. The number of rotatable bonds is 7. The van der Waals surface area contributed by atoms with Crippen LogP contribution in [-0.2, 0) is 30.4 Å². The first-order valence-corrected chi connectivity index (χ1v) is 15.7. The highest BCUT2D eigenvalue weighted by Crippen LogP contribution is 2.36. The third-order valence-electron chi connectivity index (χ3n) is 9.14. The van der Waals surface area contributed by atoms with E-state index in [1.54, 1.807) is 12.1 Å². The maximum Gasteiger partial charge on any atom is 0.416 e. The van der Waals surface area contributed by atoms with Crippen LogP contribution in [0, 0.1) is 0 Å². The molecule has 2 saturated heterocycles. The number of nitrogens with one attached hydrogen (secondary N) is 2. The van der Waals surface area contributed by atoms with Crippen LogP contribution in [0.1, 0.15) is 32.6 Å². The number of ether oxygens (including phenoxy) is 1. The Labute approximate surface area is 265 Å². The lowest BCUT2D eigenvalue weighted by Gasteiger charge is -2.33. The summed E-state index contributed by atoms with van der Waals surface area (Å²) in [5.41, 5.74) is 3.80. The Bertz CT molecular complexity index is 1730. The fourth-order valence-corrected chi connectivity index (χ4v) is 6.51. The first-order valence-electron chi connectivity index (χ1n) is 15.7. The second-order valence-corrected chi connectivity index (χ2v) is 12.3. The van der Waals surface area contributed by atoms with Gasteiger partial charge in [-0.3, -0.25) is 14.8 Å². The van der Waals surface area contributed by atoms with Crippen molar-refractivity contribution < 1.29 is 22.7 Å². The lowest BCUT2D eigenvalue weighted by molar-refractivity contribution is -0.138. The number of benzene rings is 2. The van der Waals surface area contributed by atoms with Crippen LogP contribution in [0.3, 0.4) is 0 Å². The number of carbonyl (C=O) groups is 1. The normalized spacial score (nSPS) is 17.9. The van der Waals surface area contributed by atoms with Gasteiger partial charge in [-0.2, -0.15) is 18.3 Å². The van der Waals surface area contributed by atoms with Gasteiger partial charge in [0.1, 0.15) is 0 Å². The number of hydrogen-bond donors (Lipinski definition) is 2. The number of halogens is 3. The van der Waals surface area contributed by atoms with E-state index in [2.05, 4.69) is 41.3 Å². The van der Waals surface area contributed by atoms with Gasteiger partial charge in [0.05, 0.1) is 24.2 Å². The Morgan fingerprint density at radius 2 is 1.78 bits per heavy atom. The van der Waals surface area contributed by atoms with Crippen molar-refractivity contribution in [3.8, 4) is 0 Å². The highest BCUT2D eigenvalue weighted by atomic mass is 19.4. The molecule has 0 bridgehead atoms. The summed E-state index contributed by atoms with van der Waals surface area (Å²) in [6.07, 6.45) is -1.86. The molecule has 5 heterocycles. The average molecular weight is 635 g/mol. The first-order chi connectivity index (χ1) is 22.2. The van der Waals surface area contributed by atoms with Gasteiger partial charge >= 0.3 is 6.18 Å². The van der Waals surface area contributed by atoms with E-state index in [1.807, 2.05) is 30.3 Å². The highest BCUT2D eigenvalue weighted by Gasteiger charge is 2.34. The average Bonchev–Trinajstić information content (AvgIpc) is 3.66. The van der Waals surface area contributed by atoms with Crippen molar-refractivity contribution in [1.82, 2.24) is 25.0 Å². The molecule has 0 atom stereocenters. The molecule has 3 aliphatic rings. The summed E-state index contributed by atoms with van der Waals surface area (Å²) in [6.45, 7) is 7.52. The van der Waals surface area contributed by atoms with Crippen LogP contribution in [0.4, 0.5) is 30.4 Å². The molecule has 242 valence electrons. The van der Waals surface area contributed by atoms with E-state index in [4.69, 9.17) is 4.74 Å². The largest absolute Gasteiger partial charge is 0.416 e. The number of fused-ring (bicyclic) bond motifs is 2. The summed E-state index contributed by atoms with van der Waals surface area (Å²) >= 11 is 0. The summed E-state index contributed by atoms with van der Waals surface area (Å²) in [5, 5.41) is 11.2. The quantitative estimate of drug-likeness (QED) is 0.310. The molecular weight excluding hydrogens is 597 g/mol. The minimum atomic E-state index is -4.53. The van der Waals surface area contributed by atoms with Gasteiger partial charge in [-0.15, -0.1) is 0 Å². The number of anilines is 3. The van der Waals surface area contributed by atoms with Crippen LogP contribution < -0.4 is 15.1 Å². The van der Waals surface area contributed by atoms with Crippen LogP contribution >= 0.6 is 0 Å². The molecule has 0 unspecified atom stereocenters. The number of amides is 1. The van der Waals surface area contributed by atoms with Crippen molar-refractivity contribution in [2.75, 3.05) is 81.2 Å². The third kappa shape index (κ3) is 6.39. The van der Waals surface area contributed by atoms with Gasteiger partial charge in [-0.1, -0.05) is 12.1 Å². The molecule has 7 rings (SSSR count). The van der Waals surface area contributed by atoms with Gasteiger partial charge in [0.25, 0.3) is 5.91 Å². The number of hydrogen-bond acceptors (Lipinski definition) is 8. The molecular formula is C33H37F3N8O2. The number of aromatic amines is 1. The topological polar surface area (TPSA) is 92.9 Å². The zero-order valence-corrected chi connectivity index (χ0v) is 25.7. The lowest BCUT2D eigenvalue weighted by atomic mass is 10.0. The fourth-order valence-electron chi connectivity index (χ4n) is 6.51. The number of nitrogens with zero attached hydrogens (tertiary/aromatic N) is 6. The summed E-state index contributed by atoms with van der Waals surface area (Å²) < 4.78 is 47.8. The predicted molar refractivity (Wildman–Crippen MR) is 170 cm³/mol. The van der Waals surface area contributed by atoms with Crippen molar-refractivity contribution in [2.24, 2.45) is 0 Å². The smallest absolute Gasteiger partial charge is 0.378 e. The Hall–Kier alpha value is -4.20. The van der Waals surface area contributed by atoms with Crippen molar-refractivity contribution in [3.05, 3.63) is 76.5 Å². The molecule has 0 saturated carbocycles. The molecule has 46 heavy (non-hydrogen) atoms. The van der Waals surface area contributed by atoms with Crippen LogP contribution in [0.2, 0.25) is 0 Å². The number of piperazine rings is 1. The number of H-pyrrole nitrogens is 1. The minimum Gasteiger partial charge on any atom is -0.378 e. The highest BCUT2D eigenvalue weighted by molar-refractivity contribution is 6.05. The second-order valence-electron chi connectivity index (χ2n) is 12.3. The molecule has 0 radical (unpaired) electrons. The molecule has 2 aromatic heterocycles. The summed E-state index contributed by atoms with van der Waals surface area (Å²) in [7, 11) is 2.01. The standard InChI is InChI=1S/C33H37F3N8O2/c1-41-8-10-42(11-9-41)21-25-4-5-26(18-28(25)33(34,35)36)38-32(45)24-3-2-23-6-7-44(29(23)17-24)20-22-16-27-30(37-19-22)39-40-31(27)43-12-14-46-15-13-43/h2-5,16-19H,6-15,20-21H2,1H3,(H,38,45)(H,37,39,40). The van der Waals surface area contributed by atoms with E-state index in [-0.39, 0.29) is 17.8 Å². The fraction of sp³-hybridized carbons (Fsp3) is 0.424. The molecule has 13 heteroatoms. The SMILES string of the molecule is CN1CCN(Cc2ccc(NC(=O)c3ccc4c(c3)N(Cc3cnc5[nH]nc(N6CCOCC6)c5c3)CC4)cc2C(F)(F)F)CC1. The third-order valence-corrected chi connectivity index (χ3v) is 9.14. The van der Waals surface area contributed by atoms with Gasteiger partial charge in [0.2, 0.25) is 0 Å². The maximum atomic E-state index is 14.1. The molecule has 3 aliphatic heterocycles. The van der Waals surface area contributed by atoms with Crippen LogP contribution in [0.25, 0.3) is 11.0 Å². The number of carbonyl (C=O) groups excluding carboxylic acids is 1. The molecule has 2 aromatic carbocycles. The molecule has 2 N–H and O–H groups in total. The van der Waals surface area contributed by atoms with Gasteiger partial charge in [0.15, 0.2) is 11.5 Å². The zero-order valence-electron chi connectivity index (χ0n) is 25.7. The van der Waals surface area contributed by atoms with E-state index in [0.717, 1.165) is 78.9 Å². The van der Waals surface area contributed by atoms with Gasteiger partial charge in [-0.05, 0) is 60.5 Å². The number of likely N-dealkylation sites (N-methyl/N-ethyl adjacent to an activating group) is 1. The zero-order chi connectivity index (χ0) is 31.8. The number of pyridine rings is 1. The van der Waals surface area contributed by atoms with E-state index in [0.29, 0.717) is 38.4 Å². The second kappa shape index (κ2) is 12.5. The van der Waals surface area contributed by atoms with Crippen LogP contribution in [-0.4, -0.2) is 97.0 Å². The van der Waals surface area contributed by atoms with Crippen LogP contribution in [0.5, 0.6) is 0 Å². The van der Waals surface area contributed by atoms with E-state index < -0.39 is 17.6 Å².